The first kappa shape index (κ1) is 21.8. The molecule has 0 spiro atoms. The Labute approximate surface area is 179 Å². The van der Waals surface area contributed by atoms with Gasteiger partial charge in [-0.2, -0.15) is 0 Å². The van der Waals surface area contributed by atoms with Gasteiger partial charge in [-0.15, -0.1) is 11.6 Å². The van der Waals surface area contributed by atoms with Crippen LogP contribution in [0, 0.1) is 5.92 Å². The molecule has 29 heavy (non-hydrogen) atoms. The van der Waals surface area contributed by atoms with Crippen LogP contribution in [0.1, 0.15) is 44.9 Å². The summed E-state index contributed by atoms with van der Waals surface area (Å²) < 4.78 is 11.1. The molecule has 166 valence electrons. The van der Waals surface area contributed by atoms with Gasteiger partial charge in [0.1, 0.15) is 6.04 Å². The van der Waals surface area contributed by atoms with E-state index in [4.69, 9.17) is 21.1 Å². The molecule has 5 unspecified atom stereocenters. The number of aliphatic hydroxyl groups is 1. The van der Waals surface area contributed by atoms with Crippen LogP contribution in [0.15, 0.2) is 0 Å². The van der Waals surface area contributed by atoms with E-state index in [0.29, 0.717) is 17.5 Å². The van der Waals surface area contributed by atoms with E-state index in [-0.39, 0.29) is 30.8 Å². The number of fused-ring (bicyclic) bond motifs is 1. The third-order valence-electron chi connectivity index (χ3n) is 7.41. The molecule has 4 fully saturated rings. The van der Waals surface area contributed by atoms with E-state index in [2.05, 4.69) is 15.1 Å². The summed E-state index contributed by atoms with van der Waals surface area (Å²) in [5, 5.41) is 13.4. The second-order valence-electron chi connectivity index (χ2n) is 9.29. The third-order valence-corrected chi connectivity index (χ3v) is 7.85. The van der Waals surface area contributed by atoms with Gasteiger partial charge in [-0.3, -0.25) is 19.9 Å². The number of nitrogens with zero attached hydrogens (tertiary/aromatic N) is 2. The van der Waals surface area contributed by atoms with Crippen molar-refractivity contribution in [1.82, 2.24) is 15.1 Å². The highest BCUT2D eigenvalue weighted by atomic mass is 35.5. The van der Waals surface area contributed by atoms with Crippen molar-refractivity contribution in [2.75, 3.05) is 40.0 Å². The van der Waals surface area contributed by atoms with E-state index in [1.54, 1.807) is 0 Å². The molecular weight excluding hydrogens is 394 g/mol. The topological polar surface area (TPSA) is 74.3 Å². The number of rotatable bonds is 6. The fraction of sp³-hybridized carbons (Fsp3) is 0.952. The van der Waals surface area contributed by atoms with Crippen molar-refractivity contribution in [3.05, 3.63) is 0 Å². The normalized spacial score (nSPS) is 41.4. The lowest BCUT2D eigenvalue weighted by molar-refractivity contribution is -0.150. The highest BCUT2D eigenvalue weighted by molar-refractivity contribution is 6.20. The summed E-state index contributed by atoms with van der Waals surface area (Å²) in [5.41, 5.74) is 0. The van der Waals surface area contributed by atoms with Gasteiger partial charge >= 0.3 is 5.97 Å². The Morgan fingerprint density at radius 2 is 1.90 bits per heavy atom. The van der Waals surface area contributed by atoms with Gasteiger partial charge < -0.3 is 14.6 Å². The smallest absolute Gasteiger partial charge is 0.323 e. The fourth-order valence-corrected chi connectivity index (χ4v) is 5.96. The molecule has 1 aliphatic carbocycles. The molecule has 0 radical (unpaired) electrons. The first-order valence-electron chi connectivity index (χ1n) is 11.3. The Kier molecular flexibility index (Phi) is 7.35. The van der Waals surface area contributed by atoms with Crippen molar-refractivity contribution in [3.8, 4) is 0 Å². The monoisotopic (exact) mass is 429 g/mol. The zero-order valence-electron chi connectivity index (χ0n) is 17.5. The average molecular weight is 430 g/mol. The van der Waals surface area contributed by atoms with Gasteiger partial charge in [0.05, 0.1) is 25.9 Å². The molecule has 3 heterocycles. The summed E-state index contributed by atoms with van der Waals surface area (Å²) in [6, 6.07) is 0.520. The lowest BCUT2D eigenvalue weighted by Gasteiger charge is -2.43. The van der Waals surface area contributed by atoms with Crippen LogP contribution in [0.5, 0.6) is 0 Å². The zero-order chi connectivity index (χ0) is 20.4. The van der Waals surface area contributed by atoms with Crippen LogP contribution in [-0.4, -0.2) is 96.6 Å². The maximum atomic E-state index is 12.5. The van der Waals surface area contributed by atoms with Crippen molar-refractivity contribution < 1.29 is 19.4 Å². The summed E-state index contributed by atoms with van der Waals surface area (Å²) >= 11 is 6.29. The molecule has 4 rings (SSSR count). The number of likely N-dealkylation sites (tertiary alicyclic amines) is 1. The number of methoxy groups -OCH3 is 1. The number of carbonyl (C=O) groups is 1. The Hall–Kier alpha value is -0.440. The SMILES string of the molecule is COC(=O)C1CC2NCN(CC3CCC(Cl)CC3)C2CN1CC1CCC(CO)O1. The number of hydrogen-bond acceptors (Lipinski definition) is 7. The molecule has 0 aromatic carbocycles. The van der Waals surface area contributed by atoms with Crippen molar-refractivity contribution >= 4 is 17.6 Å². The Balaban J connectivity index is 1.39. The zero-order valence-corrected chi connectivity index (χ0v) is 18.2. The molecule has 1 saturated carbocycles. The minimum absolute atomic E-state index is 0.0594. The summed E-state index contributed by atoms with van der Waals surface area (Å²) in [6.07, 6.45) is 7.32. The number of halogens is 1. The average Bonchev–Trinajstić information content (AvgIpc) is 3.35. The second kappa shape index (κ2) is 9.79. The van der Waals surface area contributed by atoms with Crippen LogP contribution in [0.2, 0.25) is 0 Å². The first-order chi connectivity index (χ1) is 14.1. The molecule has 3 saturated heterocycles. The molecule has 0 aromatic heterocycles. The van der Waals surface area contributed by atoms with Crippen molar-refractivity contribution in [3.63, 3.8) is 0 Å². The molecular formula is C21H36ClN3O4. The van der Waals surface area contributed by atoms with Crippen LogP contribution < -0.4 is 5.32 Å². The van der Waals surface area contributed by atoms with Crippen molar-refractivity contribution in [2.24, 2.45) is 5.92 Å². The largest absolute Gasteiger partial charge is 0.468 e. The van der Waals surface area contributed by atoms with E-state index in [1.807, 2.05) is 0 Å². The number of ether oxygens (including phenoxy) is 2. The van der Waals surface area contributed by atoms with Gasteiger partial charge in [-0.25, -0.2) is 0 Å². The molecule has 5 atom stereocenters. The third kappa shape index (κ3) is 5.08. The quantitative estimate of drug-likeness (QED) is 0.485. The maximum Gasteiger partial charge on any atom is 0.323 e. The summed E-state index contributed by atoms with van der Waals surface area (Å²) in [7, 11) is 1.47. The number of carbonyl (C=O) groups excluding carboxylic acids is 1. The van der Waals surface area contributed by atoms with E-state index in [9.17, 15) is 9.90 Å². The standard InChI is InChI=1S/C21H36ClN3O4/c1-28-21(27)19-8-18-20(11-24(19)10-16-6-7-17(12-26)29-16)25(13-23-18)9-14-2-4-15(22)5-3-14/h14-20,23,26H,2-13H2,1H3. The molecule has 0 aromatic rings. The minimum Gasteiger partial charge on any atom is -0.468 e. The number of alkyl halides is 1. The fourth-order valence-electron chi connectivity index (χ4n) is 5.71. The van der Waals surface area contributed by atoms with Gasteiger partial charge in [-0.05, 0) is 50.9 Å². The number of hydrogen-bond donors (Lipinski definition) is 2. The van der Waals surface area contributed by atoms with Crippen LogP contribution in [-0.2, 0) is 14.3 Å². The molecule has 7 nitrogen and oxygen atoms in total. The van der Waals surface area contributed by atoms with Crippen molar-refractivity contribution in [1.29, 1.82) is 0 Å². The predicted molar refractivity (Wildman–Crippen MR) is 111 cm³/mol. The van der Waals surface area contributed by atoms with E-state index in [0.717, 1.165) is 64.3 Å². The molecule has 4 aliphatic rings. The highest BCUT2D eigenvalue weighted by Crippen LogP contribution is 2.32. The first-order valence-corrected chi connectivity index (χ1v) is 11.7. The Morgan fingerprint density at radius 1 is 1.14 bits per heavy atom. The van der Waals surface area contributed by atoms with Crippen LogP contribution in [0.4, 0.5) is 0 Å². The summed E-state index contributed by atoms with van der Waals surface area (Å²) in [4.78, 5) is 17.3. The van der Waals surface area contributed by atoms with Gasteiger partial charge in [0, 0.05) is 43.8 Å². The van der Waals surface area contributed by atoms with Gasteiger partial charge in [0.25, 0.3) is 0 Å². The number of nitrogens with one attached hydrogen (secondary N) is 1. The molecule has 3 aliphatic heterocycles. The molecule has 2 N–H and O–H groups in total. The summed E-state index contributed by atoms with van der Waals surface area (Å²) in [6.45, 7) is 3.66. The maximum absolute atomic E-state index is 12.5. The highest BCUT2D eigenvalue weighted by Gasteiger charge is 2.46. The number of aliphatic hydroxyl groups excluding tert-OH is 1. The molecule has 0 bridgehead atoms. The van der Waals surface area contributed by atoms with Gasteiger partial charge in [0.15, 0.2) is 0 Å². The second-order valence-corrected chi connectivity index (χ2v) is 9.91. The number of piperidine rings is 1. The van der Waals surface area contributed by atoms with Gasteiger partial charge in [-0.1, -0.05) is 0 Å². The summed E-state index contributed by atoms with van der Waals surface area (Å²) in [5.74, 6) is 0.571. The number of esters is 1. The van der Waals surface area contributed by atoms with Crippen LogP contribution in [0.3, 0.4) is 0 Å². The minimum atomic E-state index is -0.225. The predicted octanol–water partition coefficient (Wildman–Crippen LogP) is 1.17. The van der Waals surface area contributed by atoms with E-state index in [1.165, 1.54) is 20.0 Å². The Morgan fingerprint density at radius 3 is 2.59 bits per heavy atom. The lowest BCUT2D eigenvalue weighted by atomic mass is 9.87. The van der Waals surface area contributed by atoms with E-state index < -0.39 is 0 Å². The lowest BCUT2D eigenvalue weighted by Crippen LogP contribution is -2.60. The molecule has 8 heteroatoms. The van der Waals surface area contributed by atoms with Crippen LogP contribution >= 0.6 is 11.6 Å². The Bertz CT molecular complexity index is 560. The van der Waals surface area contributed by atoms with E-state index >= 15 is 0 Å². The van der Waals surface area contributed by atoms with Crippen LogP contribution in [0.25, 0.3) is 0 Å². The molecule has 0 amide bonds. The van der Waals surface area contributed by atoms with Crippen molar-refractivity contribution in [2.45, 2.75) is 80.7 Å². The van der Waals surface area contributed by atoms with Gasteiger partial charge in [0.2, 0.25) is 0 Å².